The van der Waals surface area contributed by atoms with Gasteiger partial charge in [0, 0.05) is 23.5 Å². The fraction of sp³-hybridized carbons (Fsp3) is 0.263. The number of benzene rings is 2. The molecule has 0 spiro atoms. The van der Waals surface area contributed by atoms with Crippen molar-refractivity contribution in [2.24, 2.45) is 0 Å². The molecule has 22 heavy (non-hydrogen) atoms. The molecular weight excluding hydrogens is 270 g/mol. The van der Waals surface area contributed by atoms with Crippen LogP contribution in [-0.4, -0.2) is 16.5 Å². The van der Waals surface area contributed by atoms with Gasteiger partial charge in [0.2, 0.25) is 0 Å². The number of rotatable bonds is 2. The van der Waals surface area contributed by atoms with E-state index < -0.39 is 0 Å². The summed E-state index contributed by atoms with van der Waals surface area (Å²) in [4.78, 5) is 9.41. The molecule has 3 heteroatoms. The number of fused-ring (bicyclic) bond motifs is 1. The lowest BCUT2D eigenvalue weighted by Gasteiger charge is -2.30. The zero-order chi connectivity index (χ0) is 14.8. The lowest BCUT2D eigenvalue weighted by Crippen LogP contribution is -2.31. The van der Waals surface area contributed by atoms with E-state index in [1.165, 1.54) is 5.56 Å². The molecule has 1 aliphatic heterocycles. The van der Waals surface area contributed by atoms with Crippen molar-refractivity contribution in [3.05, 3.63) is 72.2 Å². The summed E-state index contributed by atoms with van der Waals surface area (Å²) in [5.74, 6) is 1.41. The molecule has 2 heterocycles. The van der Waals surface area contributed by atoms with Gasteiger partial charge in [0.05, 0.1) is 5.52 Å². The molecule has 2 unspecified atom stereocenters. The first kappa shape index (κ1) is 13.4. The Morgan fingerprint density at radius 3 is 2.68 bits per heavy atom. The Morgan fingerprint density at radius 2 is 1.77 bits per heavy atom. The minimum absolute atomic E-state index is 0.398. The van der Waals surface area contributed by atoms with Crippen LogP contribution in [0.5, 0.6) is 0 Å². The van der Waals surface area contributed by atoms with Crippen LogP contribution in [0.4, 0.5) is 0 Å². The zero-order valence-corrected chi connectivity index (χ0v) is 12.4. The van der Waals surface area contributed by atoms with Crippen molar-refractivity contribution >= 4 is 10.9 Å². The van der Waals surface area contributed by atoms with Gasteiger partial charge in [-0.3, -0.25) is 0 Å². The van der Waals surface area contributed by atoms with Gasteiger partial charge in [-0.15, -0.1) is 0 Å². The molecule has 4 rings (SSSR count). The average molecular weight is 289 g/mol. The van der Waals surface area contributed by atoms with Gasteiger partial charge in [0.1, 0.15) is 5.82 Å². The SMILES string of the molecule is c1ccc(C2CC(c3ncc4ccccc4n3)CCN2)cc1. The number of hydrogen-bond acceptors (Lipinski definition) is 3. The standard InChI is InChI=1S/C19H19N3/c1-2-6-14(7-3-1)18-12-15(10-11-20-18)19-21-13-16-8-4-5-9-17(16)22-19/h1-9,13,15,18,20H,10-12H2. The first-order valence-electron chi connectivity index (χ1n) is 7.90. The second-order valence-electron chi connectivity index (χ2n) is 5.93. The molecule has 1 aliphatic rings. The number of piperidine rings is 1. The molecular formula is C19H19N3. The number of nitrogens with zero attached hydrogens (tertiary/aromatic N) is 2. The summed E-state index contributed by atoms with van der Waals surface area (Å²) in [5, 5.41) is 4.73. The van der Waals surface area contributed by atoms with Crippen LogP contribution < -0.4 is 5.32 Å². The van der Waals surface area contributed by atoms with Crippen molar-refractivity contribution in [1.82, 2.24) is 15.3 Å². The molecule has 0 amide bonds. The predicted molar refractivity (Wildman–Crippen MR) is 88.7 cm³/mol. The second-order valence-corrected chi connectivity index (χ2v) is 5.93. The Hall–Kier alpha value is -2.26. The van der Waals surface area contributed by atoms with Crippen molar-refractivity contribution < 1.29 is 0 Å². The van der Waals surface area contributed by atoms with Crippen LogP contribution in [0, 0.1) is 0 Å². The molecule has 1 fully saturated rings. The first-order chi connectivity index (χ1) is 10.9. The third-order valence-electron chi connectivity index (χ3n) is 4.48. The molecule has 1 saturated heterocycles. The van der Waals surface area contributed by atoms with Crippen LogP contribution in [-0.2, 0) is 0 Å². The maximum atomic E-state index is 4.79. The highest BCUT2D eigenvalue weighted by atomic mass is 14.9. The second kappa shape index (κ2) is 5.85. The summed E-state index contributed by atoms with van der Waals surface area (Å²) in [7, 11) is 0. The van der Waals surface area contributed by atoms with E-state index in [4.69, 9.17) is 4.98 Å². The molecule has 2 atom stereocenters. The topological polar surface area (TPSA) is 37.8 Å². The van der Waals surface area contributed by atoms with Crippen molar-refractivity contribution in [3.63, 3.8) is 0 Å². The summed E-state index contributed by atoms with van der Waals surface area (Å²) < 4.78 is 0. The van der Waals surface area contributed by atoms with E-state index in [0.717, 1.165) is 36.1 Å². The van der Waals surface area contributed by atoms with Gasteiger partial charge in [-0.2, -0.15) is 0 Å². The zero-order valence-electron chi connectivity index (χ0n) is 12.4. The van der Waals surface area contributed by atoms with Gasteiger partial charge in [-0.25, -0.2) is 9.97 Å². The lowest BCUT2D eigenvalue weighted by atomic mass is 9.88. The molecule has 3 nitrogen and oxygen atoms in total. The highest BCUT2D eigenvalue weighted by Crippen LogP contribution is 2.32. The Bertz CT molecular complexity index is 770. The molecule has 1 aromatic heterocycles. The van der Waals surface area contributed by atoms with Crippen LogP contribution in [0.1, 0.15) is 36.2 Å². The van der Waals surface area contributed by atoms with E-state index in [-0.39, 0.29) is 0 Å². The van der Waals surface area contributed by atoms with E-state index in [1.54, 1.807) is 0 Å². The Morgan fingerprint density at radius 1 is 0.955 bits per heavy atom. The van der Waals surface area contributed by atoms with E-state index in [1.807, 2.05) is 18.3 Å². The number of hydrogen-bond donors (Lipinski definition) is 1. The third-order valence-corrected chi connectivity index (χ3v) is 4.48. The van der Waals surface area contributed by atoms with E-state index in [2.05, 4.69) is 52.8 Å². The van der Waals surface area contributed by atoms with E-state index in [9.17, 15) is 0 Å². The van der Waals surface area contributed by atoms with Crippen molar-refractivity contribution in [1.29, 1.82) is 0 Å². The number of aromatic nitrogens is 2. The van der Waals surface area contributed by atoms with Gasteiger partial charge < -0.3 is 5.32 Å². The van der Waals surface area contributed by atoms with E-state index in [0.29, 0.717) is 12.0 Å². The van der Waals surface area contributed by atoms with Crippen molar-refractivity contribution in [2.75, 3.05) is 6.54 Å². The third kappa shape index (κ3) is 2.60. The lowest BCUT2D eigenvalue weighted by molar-refractivity contribution is 0.360. The molecule has 1 N–H and O–H groups in total. The fourth-order valence-corrected chi connectivity index (χ4v) is 3.27. The Kier molecular flexibility index (Phi) is 3.57. The maximum Gasteiger partial charge on any atom is 0.132 e. The maximum absolute atomic E-state index is 4.79. The summed E-state index contributed by atoms with van der Waals surface area (Å²) in [6, 6.07) is 19.3. The van der Waals surface area contributed by atoms with Gasteiger partial charge in [0.15, 0.2) is 0 Å². The minimum Gasteiger partial charge on any atom is -0.310 e. The van der Waals surface area contributed by atoms with Crippen LogP contribution in [0.3, 0.4) is 0 Å². The van der Waals surface area contributed by atoms with Gasteiger partial charge in [-0.05, 0) is 31.0 Å². The van der Waals surface area contributed by atoms with Crippen LogP contribution in [0.15, 0.2) is 60.8 Å². The van der Waals surface area contributed by atoms with Crippen LogP contribution >= 0.6 is 0 Å². The molecule has 3 aromatic rings. The summed E-state index contributed by atoms with van der Waals surface area (Å²) in [6.07, 6.45) is 4.11. The monoisotopic (exact) mass is 289 g/mol. The Balaban J connectivity index is 1.61. The van der Waals surface area contributed by atoms with Crippen LogP contribution in [0.2, 0.25) is 0 Å². The smallest absolute Gasteiger partial charge is 0.132 e. The molecule has 2 aromatic carbocycles. The Labute approximate surface area is 130 Å². The van der Waals surface area contributed by atoms with Gasteiger partial charge in [0.25, 0.3) is 0 Å². The number of nitrogens with one attached hydrogen (secondary N) is 1. The van der Waals surface area contributed by atoms with Gasteiger partial charge >= 0.3 is 0 Å². The molecule has 0 aliphatic carbocycles. The minimum atomic E-state index is 0.398. The van der Waals surface area contributed by atoms with Crippen molar-refractivity contribution in [2.45, 2.75) is 24.8 Å². The highest BCUT2D eigenvalue weighted by molar-refractivity contribution is 5.77. The summed E-state index contributed by atoms with van der Waals surface area (Å²) >= 11 is 0. The highest BCUT2D eigenvalue weighted by Gasteiger charge is 2.25. The molecule has 110 valence electrons. The van der Waals surface area contributed by atoms with Gasteiger partial charge in [-0.1, -0.05) is 48.5 Å². The normalized spacial score (nSPS) is 21.8. The molecule has 0 bridgehead atoms. The molecule has 0 saturated carbocycles. The number of para-hydroxylation sites is 1. The van der Waals surface area contributed by atoms with Crippen molar-refractivity contribution in [3.8, 4) is 0 Å². The molecule has 0 radical (unpaired) electrons. The largest absolute Gasteiger partial charge is 0.310 e. The first-order valence-corrected chi connectivity index (χ1v) is 7.90. The van der Waals surface area contributed by atoms with E-state index >= 15 is 0 Å². The summed E-state index contributed by atoms with van der Waals surface area (Å²) in [5.41, 5.74) is 2.40. The van der Waals surface area contributed by atoms with Crippen LogP contribution in [0.25, 0.3) is 10.9 Å². The fourth-order valence-electron chi connectivity index (χ4n) is 3.27. The summed E-state index contributed by atoms with van der Waals surface area (Å²) in [6.45, 7) is 1.01. The quantitative estimate of drug-likeness (QED) is 0.779. The predicted octanol–water partition coefficient (Wildman–Crippen LogP) is 3.84. The average Bonchev–Trinajstić information content (AvgIpc) is 2.62.